The van der Waals surface area contributed by atoms with Crippen molar-refractivity contribution in [3.63, 3.8) is 0 Å². The molecule has 0 amide bonds. The van der Waals surface area contributed by atoms with Crippen molar-refractivity contribution < 1.29 is 4.39 Å². The van der Waals surface area contributed by atoms with Gasteiger partial charge < -0.3 is 5.32 Å². The predicted molar refractivity (Wildman–Crippen MR) is 80.6 cm³/mol. The molecule has 1 fully saturated rings. The van der Waals surface area contributed by atoms with Crippen molar-refractivity contribution in [1.82, 2.24) is 10.2 Å². The van der Waals surface area contributed by atoms with Crippen LogP contribution in [0.1, 0.15) is 25.8 Å². The van der Waals surface area contributed by atoms with E-state index in [2.05, 4.69) is 40.0 Å². The van der Waals surface area contributed by atoms with E-state index in [9.17, 15) is 4.39 Å². The number of halogens is 2. The van der Waals surface area contributed by atoms with Crippen LogP contribution in [-0.4, -0.2) is 30.6 Å². The summed E-state index contributed by atoms with van der Waals surface area (Å²) in [6, 6.07) is 5.86. The Kier molecular flexibility index (Phi) is 5.37. The lowest BCUT2D eigenvalue weighted by molar-refractivity contribution is 0.178. The van der Waals surface area contributed by atoms with Crippen molar-refractivity contribution in [3.8, 4) is 0 Å². The number of rotatable bonds is 4. The minimum atomic E-state index is -0.117. The average molecular weight is 329 g/mol. The number of benzene rings is 1. The molecule has 0 aromatic heterocycles. The minimum Gasteiger partial charge on any atom is -0.311 e. The quantitative estimate of drug-likeness (QED) is 0.911. The zero-order chi connectivity index (χ0) is 13.8. The van der Waals surface area contributed by atoms with Crippen molar-refractivity contribution in [1.29, 1.82) is 0 Å². The SMILES string of the molecule is CC(C)CC1CN(Cc2ccc(Br)cc2F)CCN1. The second-order valence-electron chi connectivity index (χ2n) is 5.75. The van der Waals surface area contributed by atoms with Crippen LogP contribution in [0.5, 0.6) is 0 Å². The first kappa shape index (κ1) is 14.9. The van der Waals surface area contributed by atoms with E-state index in [-0.39, 0.29) is 5.82 Å². The van der Waals surface area contributed by atoms with Crippen LogP contribution in [0.15, 0.2) is 22.7 Å². The van der Waals surface area contributed by atoms with E-state index in [1.165, 1.54) is 6.42 Å². The standard InChI is InChI=1S/C15H22BrFN2/c1-11(2)7-14-10-19(6-5-18-14)9-12-3-4-13(16)8-15(12)17/h3-4,8,11,14,18H,5-7,9-10H2,1-2H3. The van der Waals surface area contributed by atoms with Gasteiger partial charge in [-0.1, -0.05) is 35.8 Å². The van der Waals surface area contributed by atoms with Crippen LogP contribution in [0.2, 0.25) is 0 Å². The lowest BCUT2D eigenvalue weighted by atomic mass is 10.0. The van der Waals surface area contributed by atoms with Gasteiger partial charge in [-0.05, 0) is 24.5 Å². The Balaban J connectivity index is 1.94. The molecule has 0 saturated carbocycles. The number of hydrogen-bond donors (Lipinski definition) is 1. The Bertz CT molecular complexity index is 423. The van der Waals surface area contributed by atoms with E-state index in [1.54, 1.807) is 6.07 Å². The predicted octanol–water partition coefficient (Wildman–Crippen LogP) is 3.41. The molecular formula is C15H22BrFN2. The molecule has 1 aliphatic heterocycles. The molecule has 2 rings (SSSR count). The maximum absolute atomic E-state index is 13.8. The summed E-state index contributed by atoms with van der Waals surface area (Å²) in [7, 11) is 0. The van der Waals surface area contributed by atoms with Crippen LogP contribution < -0.4 is 5.32 Å². The van der Waals surface area contributed by atoms with Gasteiger partial charge >= 0.3 is 0 Å². The summed E-state index contributed by atoms with van der Waals surface area (Å²) in [6.45, 7) is 8.19. The molecule has 1 N–H and O–H groups in total. The smallest absolute Gasteiger partial charge is 0.128 e. The minimum absolute atomic E-state index is 0.117. The van der Waals surface area contributed by atoms with Crippen LogP contribution >= 0.6 is 15.9 Å². The highest BCUT2D eigenvalue weighted by Gasteiger charge is 2.20. The maximum Gasteiger partial charge on any atom is 0.128 e. The first-order valence-electron chi connectivity index (χ1n) is 6.94. The maximum atomic E-state index is 13.8. The zero-order valence-corrected chi connectivity index (χ0v) is 13.2. The van der Waals surface area contributed by atoms with Gasteiger partial charge in [-0.3, -0.25) is 4.90 Å². The molecule has 0 radical (unpaired) electrons. The van der Waals surface area contributed by atoms with Crippen molar-refractivity contribution in [2.45, 2.75) is 32.9 Å². The molecule has 1 unspecified atom stereocenters. The summed E-state index contributed by atoms with van der Waals surface area (Å²) in [5, 5.41) is 3.55. The fourth-order valence-corrected chi connectivity index (χ4v) is 2.99. The molecule has 106 valence electrons. The molecular weight excluding hydrogens is 307 g/mol. The first-order chi connectivity index (χ1) is 9.04. The van der Waals surface area contributed by atoms with Crippen LogP contribution in [0.3, 0.4) is 0 Å². The molecule has 19 heavy (non-hydrogen) atoms. The topological polar surface area (TPSA) is 15.3 Å². The van der Waals surface area contributed by atoms with E-state index < -0.39 is 0 Å². The second-order valence-corrected chi connectivity index (χ2v) is 6.67. The van der Waals surface area contributed by atoms with Crippen molar-refractivity contribution in [2.75, 3.05) is 19.6 Å². The van der Waals surface area contributed by atoms with Crippen molar-refractivity contribution >= 4 is 15.9 Å². The lowest BCUT2D eigenvalue weighted by Crippen LogP contribution is -2.50. The van der Waals surface area contributed by atoms with E-state index in [0.29, 0.717) is 18.5 Å². The third-order valence-corrected chi connectivity index (χ3v) is 4.00. The van der Waals surface area contributed by atoms with E-state index in [1.807, 2.05) is 12.1 Å². The molecule has 0 bridgehead atoms. The Morgan fingerprint density at radius 1 is 1.47 bits per heavy atom. The van der Waals surface area contributed by atoms with Gasteiger partial charge in [0.2, 0.25) is 0 Å². The molecule has 1 aromatic carbocycles. The van der Waals surface area contributed by atoms with Gasteiger partial charge in [0.25, 0.3) is 0 Å². The molecule has 0 aliphatic carbocycles. The Labute approximate surface area is 123 Å². The number of hydrogen-bond acceptors (Lipinski definition) is 2. The Hall–Kier alpha value is -0.450. The van der Waals surface area contributed by atoms with Gasteiger partial charge in [-0.15, -0.1) is 0 Å². The van der Waals surface area contributed by atoms with E-state index in [0.717, 1.165) is 29.7 Å². The largest absolute Gasteiger partial charge is 0.311 e. The first-order valence-corrected chi connectivity index (χ1v) is 7.73. The van der Waals surface area contributed by atoms with Crippen LogP contribution in [0.4, 0.5) is 4.39 Å². The number of piperazine rings is 1. The van der Waals surface area contributed by atoms with Gasteiger partial charge in [0.1, 0.15) is 5.82 Å². The summed E-state index contributed by atoms with van der Waals surface area (Å²) in [6.07, 6.45) is 1.18. The molecule has 4 heteroatoms. The molecule has 1 aliphatic rings. The zero-order valence-electron chi connectivity index (χ0n) is 11.6. The van der Waals surface area contributed by atoms with Gasteiger partial charge in [-0.25, -0.2) is 4.39 Å². The fourth-order valence-electron chi connectivity index (χ4n) is 2.66. The van der Waals surface area contributed by atoms with Gasteiger partial charge in [-0.2, -0.15) is 0 Å². The number of nitrogens with one attached hydrogen (secondary N) is 1. The van der Waals surface area contributed by atoms with Crippen LogP contribution in [0.25, 0.3) is 0 Å². The van der Waals surface area contributed by atoms with Crippen LogP contribution in [-0.2, 0) is 6.54 Å². The average Bonchev–Trinajstić information content (AvgIpc) is 2.32. The second kappa shape index (κ2) is 6.82. The highest BCUT2D eigenvalue weighted by molar-refractivity contribution is 9.10. The summed E-state index contributed by atoms with van der Waals surface area (Å²) in [5.74, 6) is 0.579. The monoisotopic (exact) mass is 328 g/mol. The third-order valence-electron chi connectivity index (χ3n) is 3.50. The summed E-state index contributed by atoms with van der Waals surface area (Å²) in [4.78, 5) is 2.34. The summed E-state index contributed by atoms with van der Waals surface area (Å²) >= 11 is 3.29. The van der Waals surface area contributed by atoms with Gasteiger partial charge in [0.15, 0.2) is 0 Å². The normalized spacial score (nSPS) is 21.0. The van der Waals surface area contributed by atoms with Gasteiger partial charge in [0.05, 0.1) is 0 Å². The van der Waals surface area contributed by atoms with E-state index in [4.69, 9.17) is 0 Å². The van der Waals surface area contributed by atoms with Crippen molar-refractivity contribution in [2.24, 2.45) is 5.92 Å². The fraction of sp³-hybridized carbons (Fsp3) is 0.600. The van der Waals surface area contributed by atoms with Crippen molar-refractivity contribution in [3.05, 3.63) is 34.1 Å². The molecule has 0 spiro atoms. The lowest BCUT2D eigenvalue weighted by Gasteiger charge is -2.34. The van der Waals surface area contributed by atoms with Crippen LogP contribution in [0, 0.1) is 11.7 Å². The Morgan fingerprint density at radius 2 is 2.26 bits per heavy atom. The third kappa shape index (κ3) is 4.55. The Morgan fingerprint density at radius 3 is 2.95 bits per heavy atom. The molecule has 1 heterocycles. The highest BCUT2D eigenvalue weighted by Crippen LogP contribution is 2.18. The summed E-state index contributed by atoms with van der Waals surface area (Å²) < 4.78 is 14.6. The molecule has 1 atom stereocenters. The number of nitrogens with zero attached hydrogens (tertiary/aromatic N) is 1. The van der Waals surface area contributed by atoms with Gasteiger partial charge in [0, 0.05) is 42.3 Å². The molecule has 1 saturated heterocycles. The highest BCUT2D eigenvalue weighted by atomic mass is 79.9. The molecule has 1 aromatic rings. The molecule has 2 nitrogen and oxygen atoms in total. The summed E-state index contributed by atoms with van der Waals surface area (Å²) in [5.41, 5.74) is 0.786. The van der Waals surface area contributed by atoms with E-state index >= 15 is 0 Å².